The second-order valence-corrected chi connectivity index (χ2v) is 9.20. The number of carbonyl (C=O) groups excluding carboxylic acids is 1. The van der Waals surface area contributed by atoms with E-state index in [4.69, 9.17) is 9.72 Å². The van der Waals surface area contributed by atoms with Crippen molar-refractivity contribution in [2.45, 2.75) is 25.3 Å². The largest absolute Gasteiger partial charge is 0.497 e. The monoisotopic (exact) mass is 449 g/mol. The summed E-state index contributed by atoms with van der Waals surface area (Å²) in [6.45, 7) is 4.60. The lowest BCUT2D eigenvalue weighted by Crippen LogP contribution is -2.31. The summed E-state index contributed by atoms with van der Waals surface area (Å²) >= 11 is 3.09. The molecule has 0 N–H and O–H groups in total. The van der Waals surface area contributed by atoms with Crippen LogP contribution in [0.3, 0.4) is 0 Å². The molecule has 0 radical (unpaired) electrons. The summed E-state index contributed by atoms with van der Waals surface area (Å²) in [5, 5.41) is 0.726. The van der Waals surface area contributed by atoms with E-state index >= 15 is 0 Å². The number of benzene rings is 2. The van der Waals surface area contributed by atoms with Crippen LogP contribution in [-0.4, -0.2) is 28.7 Å². The highest BCUT2D eigenvalue weighted by molar-refractivity contribution is 8.00. The smallest absolute Gasteiger partial charge is 0.239 e. The summed E-state index contributed by atoms with van der Waals surface area (Å²) in [6, 6.07) is 15.8. The number of hydrogen-bond acceptors (Lipinski definition) is 6. The first-order valence-electron chi connectivity index (χ1n) is 9.88. The number of hydrogen-bond donors (Lipinski definition) is 0. The van der Waals surface area contributed by atoms with Gasteiger partial charge in [-0.3, -0.25) is 14.7 Å². The predicted molar refractivity (Wildman–Crippen MR) is 128 cm³/mol. The highest BCUT2D eigenvalue weighted by Gasteiger charge is 2.21. The zero-order valence-corrected chi connectivity index (χ0v) is 19.3. The van der Waals surface area contributed by atoms with Gasteiger partial charge < -0.3 is 4.74 Å². The molecular formula is C24H23N3O2S2. The molecule has 0 unspecified atom stereocenters. The van der Waals surface area contributed by atoms with Crippen LogP contribution >= 0.6 is 23.1 Å². The van der Waals surface area contributed by atoms with Crippen LogP contribution in [0.5, 0.6) is 5.75 Å². The molecule has 5 nitrogen and oxygen atoms in total. The number of fused-ring (bicyclic) bond motifs is 1. The molecule has 0 bridgehead atoms. The van der Waals surface area contributed by atoms with Crippen molar-refractivity contribution < 1.29 is 9.53 Å². The van der Waals surface area contributed by atoms with Crippen molar-refractivity contribution in [2.75, 3.05) is 17.8 Å². The van der Waals surface area contributed by atoms with E-state index in [1.54, 1.807) is 35.7 Å². The Kier molecular flexibility index (Phi) is 6.53. The number of aromatic nitrogens is 2. The lowest BCUT2D eigenvalue weighted by Gasteiger charge is -2.20. The maximum absolute atomic E-state index is 13.3. The number of amides is 1. The number of pyridine rings is 1. The number of rotatable bonds is 7. The third kappa shape index (κ3) is 4.89. The topological polar surface area (TPSA) is 55.3 Å². The predicted octanol–water partition coefficient (Wildman–Crippen LogP) is 5.64. The van der Waals surface area contributed by atoms with Gasteiger partial charge in [0.2, 0.25) is 5.91 Å². The van der Waals surface area contributed by atoms with Crippen molar-refractivity contribution >= 4 is 44.4 Å². The maximum atomic E-state index is 13.3. The Bertz CT molecular complexity index is 1150. The molecule has 158 valence electrons. The lowest BCUT2D eigenvalue weighted by molar-refractivity contribution is -0.116. The van der Waals surface area contributed by atoms with Gasteiger partial charge in [0.05, 0.1) is 29.6 Å². The van der Waals surface area contributed by atoms with Gasteiger partial charge in [0.25, 0.3) is 0 Å². The van der Waals surface area contributed by atoms with Crippen molar-refractivity contribution in [3.05, 3.63) is 77.6 Å². The zero-order chi connectivity index (χ0) is 21.8. The molecule has 4 rings (SSSR count). The molecule has 0 fully saturated rings. The Morgan fingerprint density at radius 3 is 2.42 bits per heavy atom. The average molecular weight is 450 g/mol. The Hall–Kier alpha value is -2.90. The molecule has 2 heterocycles. The van der Waals surface area contributed by atoms with Crippen LogP contribution in [-0.2, 0) is 11.3 Å². The second-order valence-electron chi connectivity index (χ2n) is 7.17. The van der Waals surface area contributed by atoms with Gasteiger partial charge in [-0.05, 0) is 66.9 Å². The van der Waals surface area contributed by atoms with E-state index < -0.39 is 0 Å². The summed E-state index contributed by atoms with van der Waals surface area (Å²) in [7, 11) is 1.64. The summed E-state index contributed by atoms with van der Waals surface area (Å²) in [5.41, 5.74) is 4.28. The average Bonchev–Trinajstić information content (AvgIpc) is 3.26. The molecule has 7 heteroatoms. The Morgan fingerprint density at radius 1 is 1.03 bits per heavy atom. The number of thioether (sulfide) groups is 1. The fourth-order valence-corrected chi connectivity index (χ4v) is 5.09. The first-order chi connectivity index (χ1) is 15.0. The molecule has 0 spiro atoms. The highest BCUT2D eigenvalue weighted by Crippen LogP contribution is 2.34. The van der Waals surface area contributed by atoms with E-state index in [0.29, 0.717) is 12.3 Å². The minimum atomic E-state index is 0.0204. The minimum absolute atomic E-state index is 0.0204. The molecule has 31 heavy (non-hydrogen) atoms. The molecule has 2 aromatic carbocycles. The number of carbonyl (C=O) groups is 1. The van der Waals surface area contributed by atoms with Crippen LogP contribution in [0, 0.1) is 13.8 Å². The quantitative estimate of drug-likeness (QED) is 0.342. The first-order valence-corrected chi connectivity index (χ1v) is 11.7. The zero-order valence-electron chi connectivity index (χ0n) is 17.7. The minimum Gasteiger partial charge on any atom is -0.497 e. The third-order valence-electron chi connectivity index (χ3n) is 4.97. The maximum Gasteiger partial charge on any atom is 0.239 e. The summed E-state index contributed by atoms with van der Waals surface area (Å²) in [5.74, 6) is 1.15. The van der Waals surface area contributed by atoms with E-state index in [9.17, 15) is 4.79 Å². The van der Waals surface area contributed by atoms with Gasteiger partial charge in [-0.15, -0.1) is 11.8 Å². The van der Waals surface area contributed by atoms with Gasteiger partial charge in [-0.1, -0.05) is 23.5 Å². The number of nitrogens with zero attached hydrogens (tertiary/aromatic N) is 3. The van der Waals surface area contributed by atoms with Crippen molar-refractivity contribution in [2.24, 2.45) is 0 Å². The molecule has 0 aliphatic carbocycles. The summed E-state index contributed by atoms with van der Waals surface area (Å²) in [4.78, 5) is 25.1. The molecule has 0 saturated carbocycles. The van der Waals surface area contributed by atoms with Crippen LogP contribution in [0.4, 0.5) is 5.13 Å². The molecule has 0 saturated heterocycles. The Morgan fingerprint density at radius 2 is 1.74 bits per heavy atom. The van der Waals surface area contributed by atoms with Crippen molar-refractivity contribution in [3.63, 3.8) is 0 Å². The molecule has 0 aliphatic heterocycles. The van der Waals surface area contributed by atoms with Gasteiger partial charge in [0.1, 0.15) is 5.75 Å². The normalized spacial score (nSPS) is 10.9. The fraction of sp³-hybridized carbons (Fsp3) is 0.208. The molecular weight excluding hydrogens is 426 g/mol. The van der Waals surface area contributed by atoms with Gasteiger partial charge in [0.15, 0.2) is 5.13 Å². The molecule has 4 aromatic rings. The van der Waals surface area contributed by atoms with Gasteiger partial charge in [-0.25, -0.2) is 4.98 Å². The van der Waals surface area contributed by atoms with Gasteiger partial charge in [0, 0.05) is 17.3 Å². The van der Waals surface area contributed by atoms with E-state index in [1.807, 2.05) is 36.4 Å². The fourth-order valence-electron chi connectivity index (χ4n) is 3.19. The van der Waals surface area contributed by atoms with Crippen LogP contribution < -0.4 is 9.64 Å². The summed E-state index contributed by atoms with van der Waals surface area (Å²) in [6.07, 6.45) is 3.49. The number of ether oxygens (including phenoxy) is 1. The van der Waals surface area contributed by atoms with Crippen LogP contribution in [0.2, 0.25) is 0 Å². The second kappa shape index (κ2) is 9.49. The number of aryl methyl sites for hydroxylation is 2. The van der Waals surface area contributed by atoms with Gasteiger partial charge in [-0.2, -0.15) is 0 Å². The Balaban J connectivity index is 1.61. The number of thiazole rings is 1. The van der Waals surface area contributed by atoms with Crippen LogP contribution in [0.15, 0.2) is 65.8 Å². The molecule has 1 amide bonds. The SMILES string of the molecule is COc1ccc(SCC(=O)N(Cc2ccncc2)c2nc3c(C)ccc(C)c3s2)cc1. The van der Waals surface area contributed by atoms with E-state index in [0.717, 1.165) is 37.1 Å². The standard InChI is InChI=1S/C24H23N3O2S2/c1-16-4-5-17(2)23-22(16)26-24(31-23)27(14-18-10-12-25-13-11-18)21(28)15-30-20-8-6-19(29-3)7-9-20/h4-13H,14-15H2,1-3H3. The van der Waals surface area contributed by atoms with E-state index in [2.05, 4.69) is 31.0 Å². The molecule has 0 atom stereocenters. The molecule has 2 aromatic heterocycles. The highest BCUT2D eigenvalue weighted by atomic mass is 32.2. The first kappa shape index (κ1) is 21.3. The van der Waals surface area contributed by atoms with Crippen LogP contribution in [0.25, 0.3) is 10.2 Å². The third-order valence-corrected chi connectivity index (χ3v) is 7.19. The molecule has 0 aliphatic rings. The van der Waals surface area contributed by atoms with Crippen molar-refractivity contribution in [3.8, 4) is 5.75 Å². The van der Waals surface area contributed by atoms with Crippen molar-refractivity contribution in [1.82, 2.24) is 9.97 Å². The lowest BCUT2D eigenvalue weighted by atomic mass is 10.1. The van der Waals surface area contributed by atoms with Gasteiger partial charge >= 0.3 is 0 Å². The number of methoxy groups -OCH3 is 1. The Labute approximate surface area is 190 Å². The van der Waals surface area contributed by atoms with E-state index in [-0.39, 0.29) is 5.91 Å². The number of anilines is 1. The van der Waals surface area contributed by atoms with Crippen LogP contribution in [0.1, 0.15) is 16.7 Å². The van der Waals surface area contributed by atoms with Crippen molar-refractivity contribution in [1.29, 1.82) is 0 Å². The van der Waals surface area contributed by atoms with E-state index in [1.165, 1.54) is 17.3 Å². The summed E-state index contributed by atoms with van der Waals surface area (Å²) < 4.78 is 6.34.